The van der Waals surface area contributed by atoms with Crippen LogP contribution >= 0.6 is 7.67 Å². The van der Waals surface area contributed by atoms with E-state index in [-0.39, 0.29) is 11.6 Å². The minimum atomic E-state index is -3.01. The molecule has 9 nitrogen and oxygen atoms in total. The molecular formula is C22H27N4O5P. The molecule has 2 heterocycles. The Bertz CT molecular complexity index is 1080. The first-order valence-corrected chi connectivity index (χ1v) is 12.1. The van der Waals surface area contributed by atoms with Crippen LogP contribution in [0.2, 0.25) is 0 Å². The van der Waals surface area contributed by atoms with E-state index >= 15 is 0 Å². The van der Waals surface area contributed by atoms with E-state index in [1.54, 1.807) is 44.4 Å². The fourth-order valence-corrected chi connectivity index (χ4v) is 5.99. The lowest BCUT2D eigenvalue weighted by molar-refractivity contribution is -0.385. The summed E-state index contributed by atoms with van der Waals surface area (Å²) < 4.78 is 23.0. The molecule has 1 atom stereocenters. The van der Waals surface area contributed by atoms with Gasteiger partial charge in [0.25, 0.3) is 11.6 Å². The van der Waals surface area contributed by atoms with Crippen LogP contribution in [0.5, 0.6) is 0 Å². The lowest BCUT2D eigenvalue weighted by Crippen LogP contribution is -2.21. The number of benzene rings is 2. The van der Waals surface area contributed by atoms with Crippen LogP contribution in [0.4, 0.5) is 5.69 Å². The van der Waals surface area contributed by atoms with Crippen LogP contribution in [-0.4, -0.2) is 65.3 Å². The Morgan fingerprint density at radius 1 is 1.16 bits per heavy atom. The van der Waals surface area contributed by atoms with Gasteiger partial charge < -0.3 is 4.90 Å². The second-order valence-electron chi connectivity index (χ2n) is 8.37. The number of hydrogen-bond donors (Lipinski definition) is 0. The summed E-state index contributed by atoms with van der Waals surface area (Å²) >= 11 is 0. The number of nitro benzene ring substituents is 1. The molecule has 1 unspecified atom stereocenters. The van der Waals surface area contributed by atoms with E-state index in [0.29, 0.717) is 17.5 Å². The number of nitro groups is 1. The summed E-state index contributed by atoms with van der Waals surface area (Å²) in [5, 5.41) is 11.6. The maximum Gasteiger partial charge on any atom is 0.346 e. The molecule has 0 aliphatic carbocycles. The molecule has 2 fully saturated rings. The maximum absolute atomic E-state index is 13.3. The third kappa shape index (κ3) is 4.76. The van der Waals surface area contributed by atoms with E-state index in [1.165, 1.54) is 11.0 Å². The monoisotopic (exact) mass is 458 g/mol. The van der Waals surface area contributed by atoms with Crippen LogP contribution in [0.3, 0.4) is 0 Å². The highest BCUT2D eigenvalue weighted by atomic mass is 31.2. The van der Waals surface area contributed by atoms with Gasteiger partial charge in [-0.05, 0) is 42.3 Å². The Morgan fingerprint density at radius 3 is 2.38 bits per heavy atom. The predicted octanol–water partition coefficient (Wildman–Crippen LogP) is 3.70. The molecule has 0 N–H and O–H groups in total. The van der Waals surface area contributed by atoms with Gasteiger partial charge in [0, 0.05) is 63.9 Å². The number of carbonyl (C=O) groups excluding carboxylic acids is 1. The van der Waals surface area contributed by atoms with Crippen LogP contribution < -0.4 is 0 Å². The van der Waals surface area contributed by atoms with Crippen molar-refractivity contribution in [2.75, 3.05) is 40.3 Å². The van der Waals surface area contributed by atoms with Crippen molar-refractivity contribution in [2.24, 2.45) is 0 Å². The largest absolute Gasteiger partial charge is 0.346 e. The van der Waals surface area contributed by atoms with Gasteiger partial charge in [0.1, 0.15) is 0 Å². The minimum Gasteiger partial charge on any atom is -0.345 e. The van der Waals surface area contributed by atoms with E-state index < -0.39 is 18.7 Å². The summed E-state index contributed by atoms with van der Waals surface area (Å²) in [4.78, 5) is 25.0. The van der Waals surface area contributed by atoms with Crippen molar-refractivity contribution < 1.29 is 18.8 Å². The number of hydrogen-bond acceptors (Lipinski definition) is 5. The maximum atomic E-state index is 13.3. The van der Waals surface area contributed by atoms with Crippen LogP contribution in [0.1, 0.15) is 40.1 Å². The summed E-state index contributed by atoms with van der Waals surface area (Å²) in [5.74, 6) is -0.127. The Morgan fingerprint density at radius 2 is 1.81 bits per heavy atom. The van der Waals surface area contributed by atoms with Crippen molar-refractivity contribution in [1.29, 1.82) is 0 Å². The zero-order valence-corrected chi connectivity index (χ0v) is 19.3. The van der Waals surface area contributed by atoms with Crippen molar-refractivity contribution in [3.63, 3.8) is 0 Å². The van der Waals surface area contributed by atoms with Gasteiger partial charge in [-0.15, -0.1) is 0 Å². The van der Waals surface area contributed by atoms with Crippen LogP contribution in [-0.2, 0) is 15.5 Å². The Kier molecular flexibility index (Phi) is 6.18. The van der Waals surface area contributed by atoms with Gasteiger partial charge in [0.15, 0.2) is 0 Å². The molecule has 32 heavy (non-hydrogen) atoms. The Labute approximate surface area is 187 Å². The summed E-state index contributed by atoms with van der Waals surface area (Å²) in [6.07, 6.45) is -0.190. The average Bonchev–Trinajstić information content (AvgIpc) is 3.65. The van der Waals surface area contributed by atoms with E-state index in [9.17, 15) is 19.5 Å². The van der Waals surface area contributed by atoms with Gasteiger partial charge in [-0.3, -0.25) is 24.0 Å². The van der Waals surface area contributed by atoms with Gasteiger partial charge in [0.05, 0.1) is 11.0 Å². The van der Waals surface area contributed by atoms with Crippen molar-refractivity contribution in [2.45, 2.75) is 19.4 Å². The molecular weight excluding hydrogens is 431 g/mol. The number of rotatable bonds is 9. The van der Waals surface area contributed by atoms with Crippen molar-refractivity contribution in [3.8, 4) is 0 Å². The predicted molar refractivity (Wildman–Crippen MR) is 121 cm³/mol. The number of carbonyl (C=O) groups is 1. The lowest BCUT2D eigenvalue weighted by Gasteiger charge is -2.24. The lowest BCUT2D eigenvalue weighted by atomic mass is 9.98. The van der Waals surface area contributed by atoms with E-state index in [1.807, 2.05) is 22.3 Å². The first-order chi connectivity index (χ1) is 15.2. The zero-order chi connectivity index (χ0) is 23.0. The summed E-state index contributed by atoms with van der Waals surface area (Å²) in [7, 11) is 0.349. The molecule has 0 spiro atoms. The smallest absolute Gasteiger partial charge is 0.345 e. The topological polar surface area (TPSA) is 95.8 Å². The normalized spacial score (nSPS) is 17.1. The molecule has 2 aliphatic rings. The molecule has 0 radical (unpaired) electrons. The molecule has 0 bridgehead atoms. The quantitative estimate of drug-likeness (QED) is 0.245. The van der Waals surface area contributed by atoms with Crippen LogP contribution in [0.15, 0.2) is 42.5 Å². The number of amides is 1. The second-order valence-corrected chi connectivity index (χ2v) is 10.7. The molecule has 4 rings (SSSR count). The molecule has 2 aliphatic heterocycles. The van der Waals surface area contributed by atoms with Gasteiger partial charge in [0.2, 0.25) is 0 Å². The summed E-state index contributed by atoms with van der Waals surface area (Å²) in [6.45, 7) is 4.85. The SMILES string of the molecule is CC(OP(=O)(N1CC1)N1CC1)c1ccc([N+](=O)[O-])c(Cc2cccc(C(=O)N(C)C)c2)c1. The van der Waals surface area contributed by atoms with Crippen molar-refractivity contribution in [1.82, 2.24) is 14.2 Å². The highest BCUT2D eigenvalue weighted by molar-refractivity contribution is 7.54. The minimum absolute atomic E-state index is 0.00496. The van der Waals surface area contributed by atoms with Crippen molar-refractivity contribution in [3.05, 3.63) is 74.8 Å². The molecule has 2 aromatic rings. The molecule has 0 saturated carbocycles. The third-order valence-electron chi connectivity index (χ3n) is 5.60. The average molecular weight is 458 g/mol. The molecule has 2 saturated heterocycles. The Balaban J connectivity index is 1.60. The number of nitrogens with zero attached hydrogens (tertiary/aromatic N) is 4. The highest BCUT2D eigenvalue weighted by Gasteiger charge is 2.50. The van der Waals surface area contributed by atoms with Gasteiger partial charge >= 0.3 is 7.67 Å². The highest BCUT2D eigenvalue weighted by Crippen LogP contribution is 2.63. The van der Waals surface area contributed by atoms with Gasteiger partial charge in [-0.25, -0.2) is 9.34 Å². The van der Waals surface area contributed by atoms with Gasteiger partial charge in [-0.2, -0.15) is 0 Å². The summed E-state index contributed by atoms with van der Waals surface area (Å²) in [5.41, 5.74) is 2.58. The molecule has 10 heteroatoms. The van der Waals surface area contributed by atoms with E-state index in [2.05, 4.69) is 0 Å². The van der Waals surface area contributed by atoms with Crippen LogP contribution in [0.25, 0.3) is 0 Å². The van der Waals surface area contributed by atoms with E-state index in [0.717, 1.165) is 37.3 Å². The summed E-state index contributed by atoms with van der Waals surface area (Å²) in [6, 6.07) is 12.0. The fraction of sp³-hybridized carbons (Fsp3) is 0.409. The fourth-order valence-electron chi connectivity index (χ4n) is 3.64. The second kappa shape index (κ2) is 8.75. The molecule has 170 valence electrons. The first-order valence-electron chi connectivity index (χ1n) is 10.6. The molecule has 0 aromatic heterocycles. The van der Waals surface area contributed by atoms with E-state index in [4.69, 9.17) is 4.52 Å². The van der Waals surface area contributed by atoms with Crippen LogP contribution in [0, 0.1) is 10.1 Å². The third-order valence-corrected chi connectivity index (χ3v) is 8.42. The molecule has 1 amide bonds. The molecule has 2 aromatic carbocycles. The Hall–Kier alpha value is -2.58. The van der Waals surface area contributed by atoms with Gasteiger partial charge in [-0.1, -0.05) is 12.1 Å². The van der Waals surface area contributed by atoms with Crippen molar-refractivity contribution >= 4 is 19.3 Å². The standard InChI is InChI=1S/C22H27N4O5P/c1-16(31-32(30,24-9-10-24)25-11-12-25)18-7-8-21(26(28)29)20(15-18)14-17-5-4-6-19(13-17)22(27)23(2)3/h4-8,13,15-16H,9-12,14H2,1-3H3. The first kappa shape index (κ1) is 22.6. The zero-order valence-electron chi connectivity index (χ0n) is 18.4.